The van der Waals surface area contributed by atoms with Crippen molar-refractivity contribution in [2.45, 2.75) is 51.6 Å². The van der Waals surface area contributed by atoms with Gasteiger partial charge >= 0.3 is 0 Å². The van der Waals surface area contributed by atoms with Crippen LogP contribution in [-0.4, -0.2) is 46.7 Å². The lowest BCUT2D eigenvalue weighted by Crippen LogP contribution is -2.40. The van der Waals surface area contributed by atoms with E-state index in [1.807, 2.05) is 4.68 Å². The van der Waals surface area contributed by atoms with E-state index in [0.717, 1.165) is 37.7 Å². The van der Waals surface area contributed by atoms with E-state index in [1.54, 1.807) is 7.11 Å². The minimum absolute atomic E-state index is 0.296. The molecule has 5 nitrogen and oxygen atoms in total. The molecule has 20 heavy (non-hydrogen) atoms. The normalized spacial score (nSPS) is 24.2. The topological polar surface area (TPSA) is 43.2 Å². The highest BCUT2D eigenvalue weighted by atomic mass is 16.5. The van der Waals surface area contributed by atoms with Crippen molar-refractivity contribution in [2.75, 3.05) is 26.8 Å². The van der Waals surface area contributed by atoms with Gasteiger partial charge < -0.3 is 4.74 Å². The molecular weight excluding hydrogens is 252 g/mol. The average molecular weight is 278 g/mol. The summed E-state index contributed by atoms with van der Waals surface area (Å²) >= 11 is 0. The van der Waals surface area contributed by atoms with Crippen LogP contribution in [0.4, 0.5) is 0 Å². The molecule has 2 heterocycles. The number of rotatable bonds is 5. The maximum absolute atomic E-state index is 5.46. The molecule has 0 bridgehead atoms. The lowest BCUT2D eigenvalue weighted by molar-refractivity contribution is 0.0693. The average Bonchev–Trinajstić information content (AvgIpc) is 3.10. The molecule has 0 aromatic carbocycles. The van der Waals surface area contributed by atoms with Gasteiger partial charge in [-0.15, -0.1) is 5.10 Å². The SMILES string of the molecule is CCn1nnc2c1CCN(CC1CCCC1)[C@H]2COC. The molecule has 0 radical (unpaired) electrons. The maximum atomic E-state index is 5.46. The lowest BCUT2D eigenvalue weighted by atomic mass is 9.99. The van der Waals surface area contributed by atoms with Gasteiger partial charge in [0.2, 0.25) is 0 Å². The minimum Gasteiger partial charge on any atom is -0.383 e. The van der Waals surface area contributed by atoms with E-state index in [1.165, 1.54) is 37.9 Å². The lowest BCUT2D eigenvalue weighted by Gasteiger charge is -2.36. The second-order valence-electron chi connectivity index (χ2n) is 6.10. The fourth-order valence-electron chi connectivity index (χ4n) is 3.78. The monoisotopic (exact) mass is 278 g/mol. The zero-order valence-corrected chi connectivity index (χ0v) is 12.7. The van der Waals surface area contributed by atoms with Gasteiger partial charge in [-0.05, 0) is 25.7 Å². The molecule has 3 rings (SSSR count). The smallest absolute Gasteiger partial charge is 0.105 e. The highest BCUT2D eigenvalue weighted by molar-refractivity contribution is 5.19. The van der Waals surface area contributed by atoms with E-state index in [9.17, 15) is 0 Å². The molecule has 2 aliphatic rings. The summed E-state index contributed by atoms with van der Waals surface area (Å²) in [5.41, 5.74) is 2.47. The summed E-state index contributed by atoms with van der Waals surface area (Å²) in [6, 6.07) is 0.296. The Morgan fingerprint density at radius 3 is 2.80 bits per heavy atom. The van der Waals surface area contributed by atoms with Crippen LogP contribution in [0.3, 0.4) is 0 Å². The first-order chi connectivity index (χ1) is 9.83. The van der Waals surface area contributed by atoms with E-state index in [2.05, 4.69) is 22.1 Å². The van der Waals surface area contributed by atoms with Crippen LogP contribution in [0.1, 0.15) is 50.0 Å². The van der Waals surface area contributed by atoms with E-state index >= 15 is 0 Å². The number of hydrogen-bond acceptors (Lipinski definition) is 4. The van der Waals surface area contributed by atoms with Crippen molar-refractivity contribution in [3.63, 3.8) is 0 Å². The molecule has 1 aliphatic carbocycles. The highest BCUT2D eigenvalue weighted by Crippen LogP contribution is 2.32. The number of nitrogens with zero attached hydrogens (tertiary/aromatic N) is 4. The second-order valence-corrected chi connectivity index (χ2v) is 6.10. The van der Waals surface area contributed by atoms with Crippen LogP contribution < -0.4 is 0 Å². The molecule has 0 N–H and O–H groups in total. The molecule has 5 heteroatoms. The molecule has 112 valence electrons. The van der Waals surface area contributed by atoms with Gasteiger partial charge in [0.1, 0.15) is 5.69 Å². The summed E-state index contributed by atoms with van der Waals surface area (Å²) in [6.45, 7) is 6.08. The first-order valence-corrected chi connectivity index (χ1v) is 7.98. The number of ether oxygens (including phenoxy) is 1. The third-order valence-electron chi connectivity index (χ3n) is 4.85. The minimum atomic E-state index is 0.296. The van der Waals surface area contributed by atoms with Crippen LogP contribution in [0.2, 0.25) is 0 Å². The number of fused-ring (bicyclic) bond motifs is 1. The van der Waals surface area contributed by atoms with Crippen molar-refractivity contribution < 1.29 is 4.74 Å². The Bertz CT molecular complexity index is 439. The van der Waals surface area contributed by atoms with Crippen LogP contribution >= 0.6 is 0 Å². The third kappa shape index (κ3) is 2.61. The summed E-state index contributed by atoms with van der Waals surface area (Å²) in [7, 11) is 1.78. The van der Waals surface area contributed by atoms with E-state index in [4.69, 9.17) is 4.74 Å². The molecule has 0 spiro atoms. The maximum Gasteiger partial charge on any atom is 0.105 e. The van der Waals surface area contributed by atoms with Crippen molar-refractivity contribution in [2.24, 2.45) is 5.92 Å². The zero-order chi connectivity index (χ0) is 13.9. The molecule has 1 aromatic rings. The Labute approximate surface area is 121 Å². The molecule has 0 saturated heterocycles. The Morgan fingerprint density at radius 2 is 2.10 bits per heavy atom. The predicted molar refractivity (Wildman–Crippen MR) is 77.5 cm³/mol. The summed E-state index contributed by atoms with van der Waals surface area (Å²) in [6.07, 6.45) is 6.67. The van der Waals surface area contributed by atoms with Gasteiger partial charge in [-0.2, -0.15) is 0 Å². The van der Waals surface area contributed by atoms with Crippen LogP contribution in [0.15, 0.2) is 0 Å². The van der Waals surface area contributed by atoms with Gasteiger partial charge in [-0.1, -0.05) is 18.1 Å². The molecule has 1 aliphatic heterocycles. The van der Waals surface area contributed by atoms with Gasteiger partial charge in [-0.25, -0.2) is 4.68 Å². The standard InChI is InChI=1S/C15H26N4O/c1-3-19-13-8-9-18(10-12-6-4-5-7-12)14(11-20-2)15(13)16-17-19/h12,14H,3-11H2,1-2H3/t14-/m0/s1. The summed E-state index contributed by atoms with van der Waals surface area (Å²) in [5.74, 6) is 0.872. The number of hydrogen-bond donors (Lipinski definition) is 0. The van der Waals surface area contributed by atoms with Crippen molar-refractivity contribution in [3.8, 4) is 0 Å². The molecule has 1 fully saturated rings. The Kier molecular flexibility index (Phi) is 4.36. The van der Waals surface area contributed by atoms with E-state index < -0.39 is 0 Å². The summed E-state index contributed by atoms with van der Waals surface area (Å²) in [5, 5.41) is 8.74. The Balaban J connectivity index is 1.77. The predicted octanol–water partition coefficient (Wildman–Crippen LogP) is 2.03. The first-order valence-electron chi connectivity index (χ1n) is 7.98. The van der Waals surface area contributed by atoms with Crippen molar-refractivity contribution in [1.82, 2.24) is 19.9 Å². The van der Waals surface area contributed by atoms with Crippen LogP contribution in [0.5, 0.6) is 0 Å². The fourth-order valence-corrected chi connectivity index (χ4v) is 3.78. The largest absolute Gasteiger partial charge is 0.383 e. The quantitative estimate of drug-likeness (QED) is 0.826. The number of methoxy groups -OCH3 is 1. The van der Waals surface area contributed by atoms with Crippen LogP contribution in [-0.2, 0) is 17.7 Å². The molecule has 1 saturated carbocycles. The fraction of sp³-hybridized carbons (Fsp3) is 0.867. The van der Waals surface area contributed by atoms with Crippen molar-refractivity contribution in [1.29, 1.82) is 0 Å². The second kappa shape index (κ2) is 6.22. The molecule has 0 unspecified atom stereocenters. The van der Waals surface area contributed by atoms with Gasteiger partial charge in [0.25, 0.3) is 0 Å². The summed E-state index contributed by atoms with van der Waals surface area (Å²) < 4.78 is 7.50. The first kappa shape index (κ1) is 14.0. The zero-order valence-electron chi connectivity index (χ0n) is 12.7. The van der Waals surface area contributed by atoms with Gasteiger partial charge in [0.05, 0.1) is 18.3 Å². The number of aromatic nitrogens is 3. The van der Waals surface area contributed by atoms with Gasteiger partial charge in [-0.3, -0.25) is 4.90 Å². The van der Waals surface area contributed by atoms with E-state index in [-0.39, 0.29) is 0 Å². The van der Waals surface area contributed by atoms with E-state index in [0.29, 0.717) is 6.04 Å². The third-order valence-corrected chi connectivity index (χ3v) is 4.85. The molecule has 1 atom stereocenters. The number of aryl methyl sites for hydroxylation is 1. The Morgan fingerprint density at radius 1 is 1.30 bits per heavy atom. The van der Waals surface area contributed by atoms with Gasteiger partial charge in [0.15, 0.2) is 0 Å². The van der Waals surface area contributed by atoms with Crippen LogP contribution in [0.25, 0.3) is 0 Å². The summed E-state index contributed by atoms with van der Waals surface area (Å²) in [4.78, 5) is 2.58. The Hall–Kier alpha value is -0.940. The molecule has 1 aromatic heterocycles. The highest BCUT2D eigenvalue weighted by Gasteiger charge is 2.33. The van der Waals surface area contributed by atoms with Crippen LogP contribution in [0, 0.1) is 5.92 Å². The van der Waals surface area contributed by atoms with Crippen molar-refractivity contribution >= 4 is 0 Å². The van der Waals surface area contributed by atoms with Gasteiger partial charge in [0, 0.05) is 33.2 Å². The molecule has 0 amide bonds. The molecular formula is C15H26N4O. The van der Waals surface area contributed by atoms with Crippen molar-refractivity contribution in [3.05, 3.63) is 11.4 Å².